The molecule has 0 aromatic heterocycles. The van der Waals surface area contributed by atoms with Gasteiger partial charge in [-0.05, 0) is 25.0 Å². The summed E-state index contributed by atoms with van der Waals surface area (Å²) < 4.78 is 4.78. The van der Waals surface area contributed by atoms with Gasteiger partial charge in [0.25, 0.3) is 0 Å². The monoisotopic (exact) mass is 154 g/mol. The average Bonchev–Trinajstić information content (AvgIpc) is 1.88. The van der Waals surface area contributed by atoms with Gasteiger partial charge in [-0.15, -0.1) is 0 Å². The van der Waals surface area contributed by atoms with Crippen molar-refractivity contribution >= 4 is 11.6 Å². The third-order valence-corrected chi connectivity index (χ3v) is 1.50. The number of halogens is 1. The van der Waals surface area contributed by atoms with Crippen LogP contribution < -0.4 is 0 Å². The Bertz CT molecular complexity index is 220. The highest BCUT2D eigenvalue weighted by Gasteiger charge is 2.02. The first-order valence-electron chi connectivity index (χ1n) is 3.01. The molecule has 0 heterocycles. The van der Waals surface area contributed by atoms with Crippen molar-refractivity contribution in [2.75, 3.05) is 0 Å². The third kappa shape index (κ3) is 1.82. The van der Waals surface area contributed by atoms with E-state index in [0.29, 0.717) is 5.76 Å². The molecule has 10 heavy (non-hydrogen) atoms. The number of terminal acetylenes is 1. The SMILES string of the molecule is C#COC1=CCCC(Cl)=C1. The molecule has 0 fully saturated rings. The first-order valence-corrected chi connectivity index (χ1v) is 3.39. The van der Waals surface area contributed by atoms with Gasteiger partial charge in [-0.3, -0.25) is 0 Å². The van der Waals surface area contributed by atoms with Crippen molar-refractivity contribution < 1.29 is 4.74 Å². The zero-order chi connectivity index (χ0) is 7.40. The van der Waals surface area contributed by atoms with E-state index in [1.165, 1.54) is 0 Å². The minimum absolute atomic E-state index is 0.679. The minimum atomic E-state index is 0.679. The van der Waals surface area contributed by atoms with Crippen LogP contribution in [-0.4, -0.2) is 0 Å². The summed E-state index contributed by atoms with van der Waals surface area (Å²) in [7, 11) is 0. The molecule has 0 atom stereocenters. The summed E-state index contributed by atoms with van der Waals surface area (Å²) in [5.41, 5.74) is 0. The van der Waals surface area contributed by atoms with Crippen molar-refractivity contribution in [2.24, 2.45) is 0 Å². The summed E-state index contributed by atoms with van der Waals surface area (Å²) in [5.74, 6) is 0.679. The lowest BCUT2D eigenvalue weighted by Gasteiger charge is -2.05. The van der Waals surface area contributed by atoms with Crippen LogP contribution in [0.4, 0.5) is 0 Å². The van der Waals surface area contributed by atoms with E-state index in [9.17, 15) is 0 Å². The van der Waals surface area contributed by atoms with Gasteiger partial charge in [0.1, 0.15) is 11.9 Å². The van der Waals surface area contributed by atoms with Crippen LogP contribution >= 0.6 is 11.6 Å². The first-order chi connectivity index (χ1) is 4.83. The topological polar surface area (TPSA) is 9.23 Å². The molecule has 1 aliphatic carbocycles. The summed E-state index contributed by atoms with van der Waals surface area (Å²) in [6.45, 7) is 0. The zero-order valence-corrected chi connectivity index (χ0v) is 6.19. The molecule has 0 saturated heterocycles. The summed E-state index contributed by atoms with van der Waals surface area (Å²) in [6.07, 6.45) is 12.5. The molecule has 0 spiro atoms. The normalized spacial score (nSPS) is 16.8. The molecule has 0 saturated carbocycles. The molecule has 0 radical (unpaired) electrons. The highest BCUT2D eigenvalue weighted by atomic mass is 35.5. The number of hydrogen-bond donors (Lipinski definition) is 0. The molecular weight excluding hydrogens is 148 g/mol. The molecule has 0 unspecified atom stereocenters. The van der Waals surface area contributed by atoms with Gasteiger partial charge in [0.15, 0.2) is 0 Å². The van der Waals surface area contributed by atoms with Crippen LogP contribution in [0.3, 0.4) is 0 Å². The highest BCUT2D eigenvalue weighted by molar-refractivity contribution is 6.29. The maximum absolute atomic E-state index is 5.72. The van der Waals surface area contributed by atoms with Gasteiger partial charge < -0.3 is 4.74 Å². The van der Waals surface area contributed by atoms with Gasteiger partial charge in [0, 0.05) is 5.03 Å². The Labute approximate surface area is 65.3 Å². The van der Waals surface area contributed by atoms with Crippen molar-refractivity contribution in [3.8, 4) is 12.5 Å². The van der Waals surface area contributed by atoms with Crippen molar-refractivity contribution in [1.29, 1.82) is 0 Å². The van der Waals surface area contributed by atoms with E-state index in [4.69, 9.17) is 22.8 Å². The quantitative estimate of drug-likeness (QED) is 0.527. The fourth-order valence-corrected chi connectivity index (χ4v) is 0.994. The Hall–Kier alpha value is -0.870. The van der Waals surface area contributed by atoms with Crippen LogP contribution in [0.25, 0.3) is 0 Å². The van der Waals surface area contributed by atoms with Crippen LogP contribution in [-0.2, 0) is 4.74 Å². The van der Waals surface area contributed by atoms with Gasteiger partial charge in [-0.25, -0.2) is 0 Å². The van der Waals surface area contributed by atoms with Gasteiger partial charge in [-0.1, -0.05) is 18.0 Å². The number of hydrogen-bond acceptors (Lipinski definition) is 1. The van der Waals surface area contributed by atoms with E-state index in [-0.39, 0.29) is 0 Å². The average molecular weight is 155 g/mol. The molecule has 52 valence electrons. The van der Waals surface area contributed by atoms with Crippen molar-refractivity contribution in [3.63, 3.8) is 0 Å². The standard InChI is InChI=1S/C8H7ClO/c1-2-10-8-5-3-4-7(9)6-8/h1,5-6H,3-4H2. The van der Waals surface area contributed by atoms with E-state index in [0.717, 1.165) is 17.9 Å². The predicted molar refractivity (Wildman–Crippen MR) is 41.2 cm³/mol. The lowest BCUT2D eigenvalue weighted by Crippen LogP contribution is -1.88. The summed E-state index contributed by atoms with van der Waals surface area (Å²) in [5, 5.41) is 0.799. The van der Waals surface area contributed by atoms with E-state index in [1.54, 1.807) is 6.08 Å². The Morgan fingerprint density at radius 2 is 2.50 bits per heavy atom. The van der Waals surface area contributed by atoms with E-state index < -0.39 is 0 Å². The van der Waals surface area contributed by atoms with Gasteiger partial charge >= 0.3 is 0 Å². The second kappa shape index (κ2) is 3.34. The fourth-order valence-electron chi connectivity index (χ4n) is 0.777. The molecule has 1 nitrogen and oxygen atoms in total. The van der Waals surface area contributed by atoms with Gasteiger partial charge in [-0.2, -0.15) is 0 Å². The lowest BCUT2D eigenvalue weighted by molar-refractivity contribution is 0.399. The van der Waals surface area contributed by atoms with Crippen molar-refractivity contribution in [3.05, 3.63) is 22.9 Å². The summed E-state index contributed by atoms with van der Waals surface area (Å²) in [6, 6.07) is 0. The van der Waals surface area contributed by atoms with Crippen molar-refractivity contribution in [1.82, 2.24) is 0 Å². The van der Waals surface area contributed by atoms with E-state index in [2.05, 4.69) is 6.11 Å². The smallest absolute Gasteiger partial charge is 0.137 e. The van der Waals surface area contributed by atoms with Crippen molar-refractivity contribution in [2.45, 2.75) is 12.8 Å². The fraction of sp³-hybridized carbons (Fsp3) is 0.250. The maximum atomic E-state index is 5.72. The predicted octanol–water partition coefficient (Wildman–Crippen LogP) is 2.39. The van der Waals surface area contributed by atoms with Crippen LogP contribution in [0.15, 0.2) is 22.9 Å². The molecule has 2 heteroatoms. The molecule has 0 aliphatic heterocycles. The largest absolute Gasteiger partial charge is 0.408 e. The van der Waals surface area contributed by atoms with E-state index >= 15 is 0 Å². The minimum Gasteiger partial charge on any atom is -0.408 e. The molecule has 0 N–H and O–H groups in total. The van der Waals surface area contributed by atoms with Crippen LogP contribution in [0.2, 0.25) is 0 Å². The molecular formula is C8H7ClO. The number of allylic oxidation sites excluding steroid dienone is 3. The molecule has 0 aromatic carbocycles. The summed E-state index contributed by atoms with van der Waals surface area (Å²) >= 11 is 5.72. The Balaban J connectivity index is 2.62. The molecule has 1 rings (SSSR count). The Morgan fingerprint density at radius 1 is 1.70 bits per heavy atom. The third-order valence-electron chi connectivity index (χ3n) is 1.20. The number of ether oxygens (including phenoxy) is 1. The molecule has 1 aliphatic rings. The molecule has 0 amide bonds. The van der Waals surface area contributed by atoms with Crippen LogP contribution in [0.5, 0.6) is 0 Å². The second-order valence-electron chi connectivity index (χ2n) is 1.96. The number of rotatable bonds is 1. The summed E-state index contributed by atoms with van der Waals surface area (Å²) in [4.78, 5) is 0. The zero-order valence-electron chi connectivity index (χ0n) is 5.43. The molecule has 0 bridgehead atoms. The van der Waals surface area contributed by atoms with Gasteiger partial charge in [0.05, 0.1) is 0 Å². The Morgan fingerprint density at radius 3 is 3.10 bits per heavy atom. The second-order valence-corrected chi connectivity index (χ2v) is 2.44. The molecule has 0 aromatic rings. The van der Waals surface area contributed by atoms with E-state index in [1.807, 2.05) is 6.08 Å². The first kappa shape index (κ1) is 7.24. The van der Waals surface area contributed by atoms with Crippen LogP contribution in [0.1, 0.15) is 12.8 Å². The van der Waals surface area contributed by atoms with Gasteiger partial charge in [0.2, 0.25) is 0 Å². The lowest BCUT2D eigenvalue weighted by atomic mass is 10.2. The Kier molecular flexibility index (Phi) is 2.42. The van der Waals surface area contributed by atoms with Crippen LogP contribution in [0, 0.1) is 12.5 Å². The highest BCUT2D eigenvalue weighted by Crippen LogP contribution is 2.20. The maximum Gasteiger partial charge on any atom is 0.137 e.